The van der Waals surface area contributed by atoms with Gasteiger partial charge in [0.05, 0.1) is 16.4 Å². The molecule has 0 radical (unpaired) electrons. The van der Waals surface area contributed by atoms with Crippen molar-refractivity contribution in [2.24, 2.45) is 0 Å². The number of anilines is 1. The van der Waals surface area contributed by atoms with Crippen LogP contribution in [0.25, 0.3) is 0 Å². The molecule has 2 aromatic rings. The maximum atomic E-state index is 12.0. The Morgan fingerprint density at radius 2 is 2.25 bits per heavy atom. The van der Waals surface area contributed by atoms with Gasteiger partial charge in [0, 0.05) is 11.2 Å². The largest absolute Gasteiger partial charge is 0.480 e. The molecule has 0 fully saturated rings. The van der Waals surface area contributed by atoms with Gasteiger partial charge in [-0.1, -0.05) is 11.6 Å². The molecule has 6 heteroatoms. The minimum absolute atomic E-state index is 0.250. The summed E-state index contributed by atoms with van der Waals surface area (Å²) in [6, 6.07) is 8.63. The van der Waals surface area contributed by atoms with Crippen molar-refractivity contribution >= 4 is 39.1 Å². The number of nitrogens with one attached hydrogen (secondary N) is 1. The standard InChI is InChI=1S/C14H12BrClN2O2/c1-9(14(19)18-11-3-2-6-17-8-11)20-13-5-4-10(16)7-12(13)15/h2-9H,1H3,(H,18,19). The first-order valence-electron chi connectivity index (χ1n) is 5.89. The molecule has 0 aliphatic heterocycles. The van der Waals surface area contributed by atoms with Crippen LogP contribution in [0.3, 0.4) is 0 Å². The molecule has 2 rings (SSSR count). The summed E-state index contributed by atoms with van der Waals surface area (Å²) in [6.07, 6.45) is 2.57. The minimum Gasteiger partial charge on any atom is -0.480 e. The third-order valence-corrected chi connectivity index (χ3v) is 3.35. The zero-order valence-corrected chi connectivity index (χ0v) is 13.0. The van der Waals surface area contributed by atoms with Crippen LogP contribution >= 0.6 is 27.5 Å². The Kier molecular flexibility index (Phi) is 4.98. The fourth-order valence-corrected chi connectivity index (χ4v) is 2.27. The van der Waals surface area contributed by atoms with Gasteiger partial charge in [-0.15, -0.1) is 0 Å². The van der Waals surface area contributed by atoms with Crippen LogP contribution in [-0.2, 0) is 4.79 Å². The van der Waals surface area contributed by atoms with Gasteiger partial charge in [-0.2, -0.15) is 0 Å². The van der Waals surface area contributed by atoms with E-state index in [1.807, 2.05) is 0 Å². The summed E-state index contributed by atoms with van der Waals surface area (Å²) in [5, 5.41) is 3.32. The summed E-state index contributed by atoms with van der Waals surface area (Å²) in [6.45, 7) is 1.67. The molecule has 0 spiro atoms. The Morgan fingerprint density at radius 3 is 2.90 bits per heavy atom. The Labute approximate surface area is 130 Å². The van der Waals surface area contributed by atoms with Crippen molar-refractivity contribution in [2.75, 3.05) is 5.32 Å². The molecule has 0 saturated carbocycles. The number of rotatable bonds is 4. The molecular weight excluding hydrogens is 344 g/mol. The number of hydrogen-bond donors (Lipinski definition) is 1. The van der Waals surface area contributed by atoms with Gasteiger partial charge in [0.2, 0.25) is 0 Å². The molecule has 1 N–H and O–H groups in total. The number of carbonyl (C=O) groups excluding carboxylic acids is 1. The van der Waals surface area contributed by atoms with E-state index in [0.717, 1.165) is 0 Å². The number of amides is 1. The van der Waals surface area contributed by atoms with Crippen molar-refractivity contribution in [3.8, 4) is 5.75 Å². The monoisotopic (exact) mass is 354 g/mol. The number of carbonyl (C=O) groups is 1. The molecule has 1 atom stereocenters. The SMILES string of the molecule is CC(Oc1ccc(Cl)cc1Br)C(=O)Nc1cccnc1. The number of benzene rings is 1. The number of halogens is 2. The number of hydrogen-bond acceptors (Lipinski definition) is 3. The van der Waals surface area contributed by atoms with Crippen molar-refractivity contribution in [3.05, 3.63) is 52.2 Å². The van der Waals surface area contributed by atoms with Crippen LogP contribution in [0.5, 0.6) is 5.75 Å². The van der Waals surface area contributed by atoms with E-state index >= 15 is 0 Å². The molecule has 0 aliphatic carbocycles. The Bertz CT molecular complexity index is 607. The molecule has 1 unspecified atom stereocenters. The van der Waals surface area contributed by atoms with Crippen LogP contribution in [0, 0.1) is 0 Å². The highest BCUT2D eigenvalue weighted by Gasteiger charge is 2.16. The summed E-state index contributed by atoms with van der Waals surface area (Å²) in [7, 11) is 0. The smallest absolute Gasteiger partial charge is 0.265 e. The Balaban J connectivity index is 2.00. The second kappa shape index (κ2) is 6.72. The topological polar surface area (TPSA) is 51.2 Å². The van der Waals surface area contributed by atoms with Crippen molar-refractivity contribution in [3.63, 3.8) is 0 Å². The second-order valence-corrected chi connectivity index (χ2v) is 5.36. The number of nitrogens with zero attached hydrogens (tertiary/aromatic N) is 1. The van der Waals surface area contributed by atoms with Gasteiger partial charge in [-0.05, 0) is 53.2 Å². The van der Waals surface area contributed by atoms with E-state index in [1.54, 1.807) is 49.6 Å². The van der Waals surface area contributed by atoms with E-state index in [-0.39, 0.29) is 5.91 Å². The zero-order valence-electron chi connectivity index (χ0n) is 10.6. The average molecular weight is 356 g/mol. The van der Waals surface area contributed by atoms with Gasteiger partial charge in [-0.25, -0.2) is 0 Å². The summed E-state index contributed by atoms with van der Waals surface area (Å²) < 4.78 is 6.30. The highest BCUT2D eigenvalue weighted by atomic mass is 79.9. The lowest BCUT2D eigenvalue weighted by Crippen LogP contribution is -2.30. The minimum atomic E-state index is -0.646. The fraction of sp³-hybridized carbons (Fsp3) is 0.143. The highest BCUT2D eigenvalue weighted by Crippen LogP contribution is 2.28. The zero-order chi connectivity index (χ0) is 14.5. The van der Waals surface area contributed by atoms with E-state index in [0.29, 0.717) is 20.9 Å². The van der Waals surface area contributed by atoms with Gasteiger partial charge >= 0.3 is 0 Å². The maximum Gasteiger partial charge on any atom is 0.265 e. The number of aromatic nitrogens is 1. The number of ether oxygens (including phenoxy) is 1. The maximum absolute atomic E-state index is 12.0. The lowest BCUT2D eigenvalue weighted by atomic mass is 10.3. The lowest BCUT2D eigenvalue weighted by molar-refractivity contribution is -0.122. The number of pyridine rings is 1. The quantitative estimate of drug-likeness (QED) is 0.905. The predicted molar refractivity (Wildman–Crippen MR) is 82.1 cm³/mol. The van der Waals surface area contributed by atoms with Crippen molar-refractivity contribution in [2.45, 2.75) is 13.0 Å². The molecular formula is C14H12BrClN2O2. The summed E-state index contributed by atoms with van der Waals surface area (Å²) >= 11 is 9.19. The molecule has 0 saturated heterocycles. The first kappa shape index (κ1) is 14.8. The second-order valence-electron chi connectivity index (χ2n) is 4.07. The third-order valence-electron chi connectivity index (χ3n) is 2.50. The van der Waals surface area contributed by atoms with Crippen molar-refractivity contribution in [1.82, 2.24) is 4.98 Å². The van der Waals surface area contributed by atoms with E-state index in [1.165, 1.54) is 0 Å². The fourth-order valence-electron chi connectivity index (χ4n) is 1.50. The molecule has 1 heterocycles. The van der Waals surface area contributed by atoms with Gasteiger partial charge < -0.3 is 10.1 Å². The van der Waals surface area contributed by atoms with Crippen LogP contribution in [0.2, 0.25) is 5.02 Å². The van der Waals surface area contributed by atoms with Crippen LogP contribution in [-0.4, -0.2) is 17.0 Å². The van der Waals surface area contributed by atoms with Crippen LogP contribution in [0.4, 0.5) is 5.69 Å². The van der Waals surface area contributed by atoms with Crippen molar-refractivity contribution < 1.29 is 9.53 Å². The van der Waals surface area contributed by atoms with Gasteiger partial charge in [0.1, 0.15) is 5.75 Å². The summed E-state index contributed by atoms with van der Waals surface area (Å²) in [4.78, 5) is 15.9. The average Bonchev–Trinajstić information content (AvgIpc) is 2.43. The molecule has 104 valence electrons. The lowest BCUT2D eigenvalue weighted by Gasteiger charge is -2.15. The van der Waals surface area contributed by atoms with E-state index in [4.69, 9.17) is 16.3 Å². The highest BCUT2D eigenvalue weighted by molar-refractivity contribution is 9.10. The molecule has 1 aromatic carbocycles. The van der Waals surface area contributed by atoms with Gasteiger partial charge in [0.25, 0.3) is 5.91 Å². The normalized spacial score (nSPS) is 11.8. The van der Waals surface area contributed by atoms with Crippen LogP contribution < -0.4 is 10.1 Å². The summed E-state index contributed by atoms with van der Waals surface area (Å²) in [5.74, 6) is 0.308. The van der Waals surface area contributed by atoms with Crippen LogP contribution in [0.1, 0.15) is 6.92 Å². The summed E-state index contributed by atoms with van der Waals surface area (Å²) in [5.41, 5.74) is 0.628. The molecule has 20 heavy (non-hydrogen) atoms. The third kappa shape index (κ3) is 3.95. The van der Waals surface area contributed by atoms with E-state index in [2.05, 4.69) is 26.2 Å². The molecule has 1 amide bonds. The molecule has 0 aliphatic rings. The van der Waals surface area contributed by atoms with Crippen molar-refractivity contribution in [1.29, 1.82) is 0 Å². The predicted octanol–water partition coefficient (Wildman–Crippen LogP) is 3.90. The van der Waals surface area contributed by atoms with Gasteiger partial charge in [-0.3, -0.25) is 9.78 Å². The van der Waals surface area contributed by atoms with E-state index in [9.17, 15) is 4.79 Å². The van der Waals surface area contributed by atoms with Gasteiger partial charge in [0.15, 0.2) is 6.10 Å². The Hall–Kier alpha value is -1.59. The molecule has 0 bridgehead atoms. The first-order valence-corrected chi connectivity index (χ1v) is 7.06. The molecule has 4 nitrogen and oxygen atoms in total. The van der Waals surface area contributed by atoms with E-state index < -0.39 is 6.10 Å². The first-order chi connectivity index (χ1) is 9.56. The molecule has 1 aromatic heterocycles. The van der Waals surface area contributed by atoms with Crippen LogP contribution in [0.15, 0.2) is 47.2 Å². The Morgan fingerprint density at radius 1 is 1.45 bits per heavy atom.